The molecule has 1 amide bonds. The Balaban J connectivity index is 1.62. The molecule has 2 N–H and O–H groups in total. The number of fused-ring (bicyclic) bond motifs is 1. The van der Waals surface area contributed by atoms with Crippen molar-refractivity contribution in [1.29, 1.82) is 0 Å². The number of hydrogen-bond donors (Lipinski definition) is 2. The molecule has 4 aromatic rings. The van der Waals surface area contributed by atoms with E-state index in [0.717, 1.165) is 15.6 Å². The molecule has 128 valence electrons. The van der Waals surface area contributed by atoms with Gasteiger partial charge in [0, 0.05) is 27.7 Å². The van der Waals surface area contributed by atoms with E-state index in [1.807, 2.05) is 48.5 Å². The lowest BCUT2D eigenvalue weighted by molar-refractivity contribution is 0.103. The number of amides is 1. The quantitative estimate of drug-likeness (QED) is 0.574. The Morgan fingerprint density at radius 1 is 1.08 bits per heavy atom. The van der Waals surface area contributed by atoms with Gasteiger partial charge in [-0.25, -0.2) is 4.98 Å². The minimum absolute atomic E-state index is 0.158. The van der Waals surface area contributed by atoms with Crippen molar-refractivity contribution in [2.75, 3.05) is 5.32 Å². The van der Waals surface area contributed by atoms with Crippen molar-refractivity contribution in [3.8, 4) is 11.4 Å². The molecule has 2 aromatic carbocycles. The molecule has 26 heavy (non-hydrogen) atoms. The van der Waals surface area contributed by atoms with Crippen molar-refractivity contribution in [2.45, 2.75) is 6.92 Å². The molecule has 0 saturated heterocycles. The Morgan fingerprint density at radius 2 is 1.92 bits per heavy atom. The molecule has 0 aliphatic rings. The highest BCUT2D eigenvalue weighted by Gasteiger charge is 2.11. The summed E-state index contributed by atoms with van der Waals surface area (Å²) in [4.78, 5) is 31.9. The van der Waals surface area contributed by atoms with Gasteiger partial charge >= 0.3 is 0 Å². The van der Waals surface area contributed by atoms with E-state index in [1.54, 1.807) is 13.0 Å². The first-order valence-corrected chi connectivity index (χ1v) is 8.88. The molecular formula is C20H15N3O2S. The molecule has 0 aliphatic carbocycles. The minimum atomic E-state index is -0.202. The standard InChI is InChI=1S/C20H15N3O2S/c1-12-9-18(24)23-19(21-12)14-6-4-7-15(10-14)22-20(25)17-11-13-5-2-3-8-16(13)26-17/h2-11H,1H3,(H,22,25)(H,21,23,24). The third-order valence-corrected chi connectivity index (χ3v) is 5.03. The van der Waals surface area contributed by atoms with Gasteiger partial charge in [-0.05, 0) is 36.6 Å². The molecule has 0 atom stereocenters. The predicted octanol–water partition coefficient (Wildman–Crippen LogP) is 4.21. The Morgan fingerprint density at radius 3 is 2.73 bits per heavy atom. The number of benzene rings is 2. The van der Waals surface area contributed by atoms with Gasteiger partial charge in [0.05, 0.1) is 4.88 Å². The second-order valence-corrected chi connectivity index (χ2v) is 7.00. The summed E-state index contributed by atoms with van der Waals surface area (Å²) in [5, 5.41) is 3.96. The van der Waals surface area contributed by atoms with Gasteiger partial charge < -0.3 is 10.3 Å². The monoisotopic (exact) mass is 361 g/mol. The van der Waals surface area contributed by atoms with Crippen molar-refractivity contribution in [2.24, 2.45) is 0 Å². The average molecular weight is 361 g/mol. The highest BCUT2D eigenvalue weighted by atomic mass is 32.1. The number of carbonyl (C=O) groups excluding carboxylic acids is 1. The summed E-state index contributed by atoms with van der Waals surface area (Å²) in [6.07, 6.45) is 0. The van der Waals surface area contributed by atoms with Gasteiger partial charge in [-0.1, -0.05) is 30.3 Å². The van der Waals surface area contributed by atoms with Crippen LogP contribution in [0, 0.1) is 6.92 Å². The van der Waals surface area contributed by atoms with Gasteiger partial charge in [0.15, 0.2) is 0 Å². The normalized spacial score (nSPS) is 10.8. The molecule has 0 aliphatic heterocycles. The number of hydrogen-bond acceptors (Lipinski definition) is 4. The molecule has 4 rings (SSSR count). The van der Waals surface area contributed by atoms with Gasteiger partial charge in [0.1, 0.15) is 5.82 Å². The minimum Gasteiger partial charge on any atom is -0.321 e. The fraction of sp³-hybridized carbons (Fsp3) is 0.0500. The molecule has 2 heterocycles. The fourth-order valence-corrected chi connectivity index (χ4v) is 3.70. The number of anilines is 1. The first-order chi connectivity index (χ1) is 12.6. The maximum absolute atomic E-state index is 12.6. The van der Waals surface area contributed by atoms with Gasteiger partial charge in [0.25, 0.3) is 11.5 Å². The van der Waals surface area contributed by atoms with Crippen molar-refractivity contribution in [3.63, 3.8) is 0 Å². The zero-order chi connectivity index (χ0) is 18.1. The van der Waals surface area contributed by atoms with Gasteiger partial charge in [-0.15, -0.1) is 11.3 Å². The first kappa shape index (κ1) is 16.2. The van der Waals surface area contributed by atoms with Gasteiger partial charge in [-0.2, -0.15) is 0 Å². The molecule has 5 nitrogen and oxygen atoms in total. The summed E-state index contributed by atoms with van der Waals surface area (Å²) >= 11 is 1.46. The summed E-state index contributed by atoms with van der Waals surface area (Å²) in [7, 11) is 0. The van der Waals surface area contributed by atoms with Crippen LogP contribution in [0.4, 0.5) is 5.69 Å². The number of H-pyrrole nitrogens is 1. The Bertz CT molecular complexity index is 1140. The highest BCUT2D eigenvalue weighted by molar-refractivity contribution is 7.20. The average Bonchev–Trinajstić information content (AvgIpc) is 3.05. The second-order valence-electron chi connectivity index (χ2n) is 5.92. The van der Waals surface area contributed by atoms with E-state index in [0.29, 0.717) is 22.1 Å². The number of aryl methyl sites for hydroxylation is 1. The smallest absolute Gasteiger partial charge is 0.265 e. The van der Waals surface area contributed by atoms with Crippen LogP contribution in [0.2, 0.25) is 0 Å². The summed E-state index contributed by atoms with van der Waals surface area (Å²) in [5.41, 5.74) is 1.82. The number of aromatic amines is 1. The zero-order valence-electron chi connectivity index (χ0n) is 13.9. The largest absolute Gasteiger partial charge is 0.321 e. The zero-order valence-corrected chi connectivity index (χ0v) is 14.8. The predicted molar refractivity (Wildman–Crippen MR) is 105 cm³/mol. The summed E-state index contributed by atoms with van der Waals surface area (Å²) in [6, 6.07) is 18.5. The number of rotatable bonds is 3. The van der Waals surface area contributed by atoms with Gasteiger partial charge in [-0.3, -0.25) is 9.59 Å². The summed E-state index contributed by atoms with van der Waals surface area (Å²) < 4.78 is 1.08. The molecule has 0 bridgehead atoms. The SMILES string of the molecule is Cc1cc(=O)[nH]c(-c2cccc(NC(=O)c3cc4ccccc4s3)c2)n1. The molecular weight excluding hydrogens is 346 g/mol. The van der Waals surface area contributed by atoms with Crippen LogP contribution in [0.15, 0.2) is 65.5 Å². The van der Waals surface area contributed by atoms with Gasteiger partial charge in [0.2, 0.25) is 0 Å². The van der Waals surface area contributed by atoms with Crippen molar-refractivity contribution in [1.82, 2.24) is 9.97 Å². The lowest BCUT2D eigenvalue weighted by atomic mass is 10.2. The van der Waals surface area contributed by atoms with E-state index >= 15 is 0 Å². The van der Waals surface area contributed by atoms with Crippen molar-refractivity contribution in [3.05, 3.63) is 81.6 Å². The van der Waals surface area contributed by atoms with E-state index in [1.165, 1.54) is 17.4 Å². The van der Waals surface area contributed by atoms with Crippen LogP contribution < -0.4 is 10.9 Å². The molecule has 0 radical (unpaired) electrons. The summed E-state index contributed by atoms with van der Waals surface area (Å²) in [5.74, 6) is 0.321. The van der Waals surface area contributed by atoms with Crippen LogP contribution in [0.1, 0.15) is 15.4 Å². The number of thiophene rings is 1. The number of nitrogens with one attached hydrogen (secondary N) is 2. The van der Waals surface area contributed by atoms with Crippen LogP contribution in [0.5, 0.6) is 0 Å². The highest BCUT2D eigenvalue weighted by Crippen LogP contribution is 2.26. The Kier molecular flexibility index (Phi) is 4.10. The van der Waals surface area contributed by atoms with Crippen molar-refractivity contribution < 1.29 is 4.79 Å². The van der Waals surface area contributed by atoms with E-state index in [-0.39, 0.29) is 11.5 Å². The number of nitrogens with zero attached hydrogens (tertiary/aromatic N) is 1. The van der Waals surface area contributed by atoms with Crippen LogP contribution >= 0.6 is 11.3 Å². The van der Waals surface area contributed by atoms with Crippen molar-refractivity contribution >= 4 is 33.0 Å². The van der Waals surface area contributed by atoms with Crippen LogP contribution in [-0.4, -0.2) is 15.9 Å². The Labute approximate surface area is 153 Å². The maximum atomic E-state index is 12.6. The fourth-order valence-electron chi connectivity index (χ4n) is 2.75. The van der Waals surface area contributed by atoms with E-state index in [9.17, 15) is 9.59 Å². The molecule has 0 spiro atoms. The number of aromatic nitrogens is 2. The third-order valence-electron chi connectivity index (χ3n) is 3.91. The molecule has 0 unspecified atom stereocenters. The second kappa shape index (κ2) is 6.57. The van der Waals surface area contributed by atoms with E-state index in [2.05, 4.69) is 15.3 Å². The summed E-state index contributed by atoms with van der Waals surface area (Å²) in [6.45, 7) is 1.77. The topological polar surface area (TPSA) is 74.8 Å². The molecule has 2 aromatic heterocycles. The van der Waals surface area contributed by atoms with Crippen LogP contribution in [-0.2, 0) is 0 Å². The van der Waals surface area contributed by atoms with Crippen LogP contribution in [0.25, 0.3) is 21.5 Å². The maximum Gasteiger partial charge on any atom is 0.265 e. The molecule has 6 heteroatoms. The molecule has 0 saturated carbocycles. The number of carbonyl (C=O) groups is 1. The molecule has 0 fully saturated rings. The lowest BCUT2D eigenvalue weighted by Crippen LogP contribution is -2.11. The first-order valence-electron chi connectivity index (χ1n) is 8.07. The van der Waals surface area contributed by atoms with E-state index in [4.69, 9.17) is 0 Å². The van der Waals surface area contributed by atoms with Crippen LogP contribution in [0.3, 0.4) is 0 Å². The lowest BCUT2D eigenvalue weighted by Gasteiger charge is -2.07. The Hall–Kier alpha value is -3.25. The third kappa shape index (κ3) is 3.27. The van der Waals surface area contributed by atoms with E-state index < -0.39 is 0 Å².